The minimum Gasteiger partial charge on any atom is -0.494 e. The van der Waals surface area contributed by atoms with Gasteiger partial charge in [0, 0.05) is 12.6 Å². The molecule has 0 radical (unpaired) electrons. The van der Waals surface area contributed by atoms with E-state index < -0.39 is 9.84 Å². The van der Waals surface area contributed by atoms with Gasteiger partial charge in [-0.25, -0.2) is 13.4 Å². The first-order chi connectivity index (χ1) is 16.4. The number of anilines is 1. The van der Waals surface area contributed by atoms with E-state index in [0.29, 0.717) is 31.8 Å². The van der Waals surface area contributed by atoms with Crippen LogP contribution >= 0.6 is 22.9 Å². The third-order valence-electron chi connectivity index (χ3n) is 5.15. The van der Waals surface area contributed by atoms with Gasteiger partial charge in [0.2, 0.25) is 5.91 Å². The summed E-state index contributed by atoms with van der Waals surface area (Å²) in [6.07, 6.45) is 1.88. The minimum atomic E-state index is -3.47. The summed E-state index contributed by atoms with van der Waals surface area (Å²) in [5, 5.41) is 0.960. The summed E-state index contributed by atoms with van der Waals surface area (Å²) in [4.78, 5) is 24.0. The van der Waals surface area contributed by atoms with Gasteiger partial charge in [0.25, 0.3) is 0 Å². The Morgan fingerprint density at radius 1 is 1.09 bits per heavy atom. The number of benzene rings is 2. The topological polar surface area (TPSA) is 89.5 Å². The van der Waals surface area contributed by atoms with Crippen LogP contribution in [0.25, 0.3) is 10.2 Å². The van der Waals surface area contributed by atoms with Gasteiger partial charge < -0.3 is 4.74 Å². The molecule has 2 heterocycles. The molecular formula is C24H22ClN3O4S2. The number of methoxy groups -OCH3 is 1. The highest BCUT2D eigenvalue weighted by atomic mass is 35.5. The summed E-state index contributed by atoms with van der Waals surface area (Å²) in [5.41, 5.74) is 1.26. The zero-order valence-electron chi connectivity index (χ0n) is 18.3. The number of carbonyl (C=O) groups is 1. The van der Waals surface area contributed by atoms with E-state index in [1.165, 1.54) is 16.2 Å². The molecule has 0 aliphatic rings. The first kappa shape index (κ1) is 24.1. The molecule has 4 aromatic rings. The van der Waals surface area contributed by atoms with Gasteiger partial charge in [-0.3, -0.25) is 14.7 Å². The molecule has 0 fully saturated rings. The SMILES string of the molecule is COc1ccc(Cl)c2sc(N(Cc3ccccn3)C(=O)CCCS(=O)(=O)c3ccccc3)nc12. The fourth-order valence-corrected chi connectivity index (χ4v) is 6.04. The molecule has 7 nitrogen and oxygen atoms in total. The predicted molar refractivity (Wildman–Crippen MR) is 134 cm³/mol. The molecule has 1 amide bonds. The van der Waals surface area contributed by atoms with E-state index >= 15 is 0 Å². The Hall–Kier alpha value is -3.01. The second kappa shape index (κ2) is 10.5. The van der Waals surface area contributed by atoms with E-state index in [9.17, 15) is 13.2 Å². The van der Waals surface area contributed by atoms with Gasteiger partial charge >= 0.3 is 0 Å². The zero-order chi connectivity index (χ0) is 24.1. The van der Waals surface area contributed by atoms with Crippen molar-refractivity contribution in [2.45, 2.75) is 24.3 Å². The lowest BCUT2D eigenvalue weighted by Gasteiger charge is -2.19. The van der Waals surface area contributed by atoms with Crippen molar-refractivity contribution in [2.75, 3.05) is 17.8 Å². The summed E-state index contributed by atoms with van der Waals surface area (Å²) < 4.78 is 31.3. The fraction of sp³-hybridized carbons (Fsp3) is 0.208. The van der Waals surface area contributed by atoms with Gasteiger partial charge in [0.15, 0.2) is 15.0 Å². The lowest BCUT2D eigenvalue weighted by Crippen LogP contribution is -2.30. The third-order valence-corrected chi connectivity index (χ3v) is 8.51. The highest BCUT2D eigenvalue weighted by Crippen LogP contribution is 2.39. The van der Waals surface area contributed by atoms with E-state index in [0.717, 1.165) is 0 Å². The zero-order valence-corrected chi connectivity index (χ0v) is 20.7. The molecule has 2 aromatic heterocycles. The third kappa shape index (κ3) is 5.38. The number of carbonyl (C=O) groups excluding carboxylic acids is 1. The van der Waals surface area contributed by atoms with Crippen LogP contribution in [0.1, 0.15) is 18.5 Å². The van der Waals surface area contributed by atoms with Crippen LogP contribution in [-0.4, -0.2) is 37.2 Å². The van der Waals surface area contributed by atoms with Crippen LogP contribution in [0.15, 0.2) is 71.8 Å². The number of rotatable bonds is 9. The van der Waals surface area contributed by atoms with Crippen molar-refractivity contribution in [1.82, 2.24) is 9.97 Å². The predicted octanol–water partition coefficient (Wildman–Crippen LogP) is 5.14. The Kier molecular flexibility index (Phi) is 7.45. The molecule has 10 heteroatoms. The maximum absolute atomic E-state index is 13.3. The normalized spacial score (nSPS) is 11.5. The number of sulfone groups is 1. The molecule has 176 valence electrons. The number of aromatic nitrogens is 2. The Morgan fingerprint density at radius 3 is 2.56 bits per heavy atom. The Balaban J connectivity index is 1.58. The van der Waals surface area contributed by atoms with Crippen LogP contribution in [0.5, 0.6) is 5.75 Å². The summed E-state index contributed by atoms with van der Waals surface area (Å²) >= 11 is 7.65. The smallest absolute Gasteiger partial charge is 0.229 e. The second-order valence-corrected chi connectivity index (χ2v) is 11.0. The largest absolute Gasteiger partial charge is 0.494 e. The number of hydrogen-bond donors (Lipinski definition) is 0. The highest BCUT2D eigenvalue weighted by Gasteiger charge is 2.23. The van der Waals surface area contributed by atoms with Crippen molar-refractivity contribution in [3.8, 4) is 5.75 Å². The van der Waals surface area contributed by atoms with E-state index in [2.05, 4.69) is 9.97 Å². The van der Waals surface area contributed by atoms with Crippen LogP contribution in [0.3, 0.4) is 0 Å². The summed E-state index contributed by atoms with van der Waals surface area (Å²) in [6.45, 7) is 0.199. The number of hydrogen-bond acceptors (Lipinski definition) is 7. The molecular weight excluding hydrogens is 494 g/mol. The molecule has 34 heavy (non-hydrogen) atoms. The molecule has 0 aliphatic carbocycles. The minimum absolute atomic E-state index is 0.0414. The van der Waals surface area contributed by atoms with E-state index in [1.807, 2.05) is 12.1 Å². The van der Waals surface area contributed by atoms with Crippen molar-refractivity contribution in [3.63, 3.8) is 0 Å². The van der Waals surface area contributed by atoms with Gasteiger partial charge in [-0.15, -0.1) is 0 Å². The standard InChI is InChI=1S/C24H22ClN3O4S2/c1-32-20-13-12-19(25)23-22(20)27-24(33-23)28(16-17-8-5-6-14-26-17)21(29)11-7-15-34(30,31)18-9-3-2-4-10-18/h2-6,8-10,12-14H,7,11,15-16H2,1H3. The molecule has 4 rings (SSSR count). The Bertz CT molecular complexity index is 1390. The van der Waals surface area contributed by atoms with Gasteiger partial charge in [-0.05, 0) is 42.8 Å². The van der Waals surface area contributed by atoms with Gasteiger partial charge in [0.05, 0.1) is 39.7 Å². The number of fused-ring (bicyclic) bond motifs is 1. The second-order valence-electron chi connectivity index (χ2n) is 7.46. The lowest BCUT2D eigenvalue weighted by molar-refractivity contribution is -0.118. The average molecular weight is 516 g/mol. The Morgan fingerprint density at radius 2 is 1.85 bits per heavy atom. The summed E-state index contributed by atoms with van der Waals surface area (Å²) in [6, 6.07) is 17.2. The first-order valence-electron chi connectivity index (χ1n) is 10.5. The van der Waals surface area contributed by atoms with Crippen molar-refractivity contribution in [2.24, 2.45) is 0 Å². The molecule has 0 saturated carbocycles. The number of thiazole rings is 1. The van der Waals surface area contributed by atoms with Crippen molar-refractivity contribution in [3.05, 3.63) is 77.6 Å². The van der Waals surface area contributed by atoms with E-state index in [1.54, 1.807) is 61.8 Å². The number of halogens is 1. The molecule has 0 N–H and O–H groups in total. The van der Waals surface area contributed by atoms with Crippen LogP contribution in [0, 0.1) is 0 Å². The summed E-state index contributed by atoms with van der Waals surface area (Å²) in [5.74, 6) is 0.184. The fourth-order valence-electron chi connectivity index (χ4n) is 3.43. The van der Waals surface area contributed by atoms with Crippen molar-refractivity contribution < 1.29 is 17.9 Å². The monoisotopic (exact) mass is 515 g/mol. The maximum atomic E-state index is 13.3. The molecule has 2 aromatic carbocycles. The molecule has 0 spiro atoms. The van der Waals surface area contributed by atoms with Crippen molar-refractivity contribution in [1.29, 1.82) is 0 Å². The van der Waals surface area contributed by atoms with Crippen LogP contribution in [0.4, 0.5) is 5.13 Å². The number of amides is 1. The van der Waals surface area contributed by atoms with Crippen LogP contribution in [-0.2, 0) is 21.2 Å². The van der Waals surface area contributed by atoms with Gasteiger partial charge in [0.1, 0.15) is 11.3 Å². The average Bonchev–Trinajstić information content (AvgIpc) is 3.30. The number of pyridine rings is 1. The lowest BCUT2D eigenvalue weighted by atomic mass is 10.2. The first-order valence-corrected chi connectivity index (χ1v) is 13.3. The quantitative estimate of drug-likeness (QED) is 0.306. The summed E-state index contributed by atoms with van der Waals surface area (Å²) in [7, 11) is -1.92. The Labute approximate surface area is 206 Å². The molecule has 0 bridgehead atoms. The number of ether oxygens (including phenoxy) is 1. The van der Waals surface area contributed by atoms with Gasteiger partial charge in [-0.1, -0.05) is 47.2 Å². The van der Waals surface area contributed by atoms with Crippen LogP contribution in [0.2, 0.25) is 5.02 Å². The van der Waals surface area contributed by atoms with Crippen LogP contribution < -0.4 is 9.64 Å². The molecule has 0 aliphatic heterocycles. The maximum Gasteiger partial charge on any atom is 0.229 e. The molecule has 0 unspecified atom stereocenters. The van der Waals surface area contributed by atoms with E-state index in [4.69, 9.17) is 16.3 Å². The molecule has 0 atom stereocenters. The van der Waals surface area contributed by atoms with Crippen molar-refractivity contribution >= 4 is 54.0 Å². The number of nitrogens with zero attached hydrogens (tertiary/aromatic N) is 3. The van der Waals surface area contributed by atoms with Gasteiger partial charge in [-0.2, -0.15) is 0 Å². The highest BCUT2D eigenvalue weighted by molar-refractivity contribution is 7.91. The molecule has 0 saturated heterocycles. The van der Waals surface area contributed by atoms with E-state index in [-0.39, 0.29) is 35.9 Å².